The number of nitrogens with one attached hydrogen (secondary N) is 1. The van der Waals surface area contributed by atoms with Gasteiger partial charge in [0.1, 0.15) is 0 Å². The zero-order valence-electron chi connectivity index (χ0n) is 11.0. The normalized spacial score (nSPS) is 11.1. The second-order valence-corrected chi connectivity index (χ2v) is 6.35. The Bertz CT molecular complexity index is 659. The van der Waals surface area contributed by atoms with E-state index in [0.29, 0.717) is 0 Å². The molecule has 0 aliphatic carbocycles. The van der Waals surface area contributed by atoms with Gasteiger partial charge in [-0.3, -0.25) is 4.40 Å². The van der Waals surface area contributed by atoms with Crippen LogP contribution in [0, 0.1) is 0 Å². The first-order valence-corrected chi connectivity index (χ1v) is 8.14. The Morgan fingerprint density at radius 1 is 1.40 bits per heavy atom. The summed E-state index contributed by atoms with van der Waals surface area (Å²) >= 11 is 3.22. The average Bonchev–Trinajstić information content (AvgIpc) is 3.09. The number of nitrogens with zero attached hydrogens (tertiary/aromatic N) is 5. The van der Waals surface area contributed by atoms with Gasteiger partial charge in [-0.15, -0.1) is 10.2 Å². The zero-order valence-corrected chi connectivity index (χ0v) is 12.6. The predicted molar refractivity (Wildman–Crippen MR) is 81.2 cm³/mol. The predicted octanol–water partition coefficient (Wildman–Crippen LogP) is 2.70. The number of aromatic nitrogens is 5. The third-order valence-electron chi connectivity index (χ3n) is 2.56. The fraction of sp³-hybridized carbons (Fsp3) is 0.333. The third-order valence-corrected chi connectivity index (χ3v) is 4.61. The van der Waals surface area contributed by atoms with Crippen LogP contribution >= 0.6 is 23.1 Å². The molecule has 3 aromatic rings. The van der Waals surface area contributed by atoms with Crippen LogP contribution in [0.1, 0.15) is 19.0 Å². The van der Waals surface area contributed by atoms with Gasteiger partial charge in [-0.05, 0) is 12.5 Å². The number of fused-ring (bicyclic) bond motifs is 1. The SMILES string of the molecule is CCCNc1nnc(SCc2cn3cccnc3n2)s1. The summed E-state index contributed by atoms with van der Waals surface area (Å²) in [5.41, 5.74) is 0.993. The van der Waals surface area contributed by atoms with Crippen molar-refractivity contribution in [3.63, 3.8) is 0 Å². The van der Waals surface area contributed by atoms with E-state index >= 15 is 0 Å². The maximum absolute atomic E-state index is 4.46. The van der Waals surface area contributed by atoms with E-state index in [1.54, 1.807) is 29.3 Å². The lowest BCUT2D eigenvalue weighted by Crippen LogP contribution is -1.98. The van der Waals surface area contributed by atoms with E-state index in [1.807, 2.05) is 22.9 Å². The first-order chi connectivity index (χ1) is 9.85. The third kappa shape index (κ3) is 3.07. The summed E-state index contributed by atoms with van der Waals surface area (Å²) in [6, 6.07) is 1.89. The molecule has 3 aromatic heterocycles. The van der Waals surface area contributed by atoms with Crippen molar-refractivity contribution in [3.05, 3.63) is 30.4 Å². The van der Waals surface area contributed by atoms with Crippen molar-refractivity contribution in [2.45, 2.75) is 23.4 Å². The maximum Gasteiger partial charge on any atom is 0.233 e. The van der Waals surface area contributed by atoms with Gasteiger partial charge in [-0.2, -0.15) is 0 Å². The lowest BCUT2D eigenvalue weighted by atomic mass is 10.5. The van der Waals surface area contributed by atoms with Gasteiger partial charge >= 0.3 is 0 Å². The van der Waals surface area contributed by atoms with Crippen LogP contribution in [0.4, 0.5) is 5.13 Å². The van der Waals surface area contributed by atoms with E-state index in [4.69, 9.17) is 0 Å². The molecule has 20 heavy (non-hydrogen) atoms. The van der Waals surface area contributed by atoms with E-state index in [0.717, 1.165) is 39.7 Å². The first kappa shape index (κ1) is 13.3. The summed E-state index contributed by atoms with van der Waals surface area (Å²) in [6.07, 6.45) is 6.76. The van der Waals surface area contributed by atoms with Gasteiger partial charge in [-0.25, -0.2) is 9.97 Å². The van der Waals surface area contributed by atoms with E-state index in [2.05, 4.69) is 32.4 Å². The molecule has 0 amide bonds. The number of rotatable bonds is 6. The largest absolute Gasteiger partial charge is 0.360 e. The van der Waals surface area contributed by atoms with Crippen molar-refractivity contribution >= 4 is 34.0 Å². The van der Waals surface area contributed by atoms with E-state index in [1.165, 1.54) is 0 Å². The molecule has 0 unspecified atom stereocenters. The smallest absolute Gasteiger partial charge is 0.233 e. The Morgan fingerprint density at radius 3 is 3.20 bits per heavy atom. The summed E-state index contributed by atoms with van der Waals surface area (Å²) in [4.78, 5) is 8.66. The van der Waals surface area contributed by atoms with E-state index < -0.39 is 0 Å². The van der Waals surface area contributed by atoms with Crippen molar-refractivity contribution in [2.24, 2.45) is 0 Å². The van der Waals surface area contributed by atoms with Gasteiger partial charge in [0.2, 0.25) is 10.9 Å². The lowest BCUT2D eigenvalue weighted by Gasteiger charge is -1.95. The second kappa shape index (κ2) is 6.19. The number of thioether (sulfide) groups is 1. The summed E-state index contributed by atoms with van der Waals surface area (Å²) in [7, 11) is 0. The summed E-state index contributed by atoms with van der Waals surface area (Å²) in [6.45, 7) is 3.05. The van der Waals surface area contributed by atoms with Crippen LogP contribution in [-0.2, 0) is 5.75 Å². The molecule has 0 fully saturated rings. The molecule has 0 aliphatic rings. The fourth-order valence-corrected chi connectivity index (χ4v) is 3.32. The standard InChI is InChI=1S/C12H14N6S2/c1-2-4-14-11-16-17-12(20-11)19-8-9-7-18-6-3-5-13-10(18)15-9/h3,5-7H,2,4,8H2,1H3,(H,14,16). The number of hydrogen-bond donors (Lipinski definition) is 1. The molecule has 0 radical (unpaired) electrons. The highest BCUT2D eigenvalue weighted by Gasteiger charge is 2.07. The van der Waals surface area contributed by atoms with Crippen molar-refractivity contribution in [1.29, 1.82) is 0 Å². The highest BCUT2D eigenvalue weighted by Crippen LogP contribution is 2.27. The molecule has 104 valence electrons. The highest BCUT2D eigenvalue weighted by molar-refractivity contribution is 8.00. The first-order valence-electron chi connectivity index (χ1n) is 6.34. The minimum absolute atomic E-state index is 0.727. The van der Waals surface area contributed by atoms with Crippen LogP contribution in [0.15, 0.2) is 29.0 Å². The van der Waals surface area contributed by atoms with Crippen molar-refractivity contribution < 1.29 is 0 Å². The molecule has 3 heterocycles. The molecule has 0 atom stereocenters. The molecule has 0 aliphatic heterocycles. The van der Waals surface area contributed by atoms with Crippen LogP contribution in [-0.4, -0.2) is 31.1 Å². The molecular formula is C12H14N6S2. The average molecular weight is 306 g/mol. The van der Waals surface area contributed by atoms with Gasteiger partial charge in [-0.1, -0.05) is 30.0 Å². The van der Waals surface area contributed by atoms with Crippen LogP contribution in [0.2, 0.25) is 0 Å². The van der Waals surface area contributed by atoms with Crippen molar-refractivity contribution in [2.75, 3.05) is 11.9 Å². The molecule has 8 heteroatoms. The minimum atomic E-state index is 0.727. The second-order valence-electron chi connectivity index (χ2n) is 4.15. The van der Waals surface area contributed by atoms with E-state index in [9.17, 15) is 0 Å². The molecule has 0 spiro atoms. The zero-order chi connectivity index (χ0) is 13.8. The Balaban J connectivity index is 1.62. The number of anilines is 1. The van der Waals surface area contributed by atoms with Gasteiger partial charge in [0.25, 0.3) is 0 Å². The molecule has 0 saturated carbocycles. The van der Waals surface area contributed by atoms with Gasteiger partial charge in [0, 0.05) is 30.9 Å². The molecule has 0 bridgehead atoms. The van der Waals surface area contributed by atoms with Crippen LogP contribution in [0.3, 0.4) is 0 Å². The topological polar surface area (TPSA) is 68.0 Å². The van der Waals surface area contributed by atoms with Crippen LogP contribution in [0.5, 0.6) is 0 Å². The Morgan fingerprint density at radius 2 is 2.35 bits per heavy atom. The Labute approximate surface area is 124 Å². The molecule has 3 rings (SSSR count). The summed E-state index contributed by atoms with van der Waals surface area (Å²) in [5.74, 6) is 1.50. The minimum Gasteiger partial charge on any atom is -0.360 e. The molecular weight excluding hydrogens is 292 g/mol. The van der Waals surface area contributed by atoms with Crippen LogP contribution in [0.25, 0.3) is 5.78 Å². The van der Waals surface area contributed by atoms with Crippen LogP contribution < -0.4 is 5.32 Å². The number of hydrogen-bond acceptors (Lipinski definition) is 7. The summed E-state index contributed by atoms with van der Waals surface area (Å²) in [5, 5.41) is 12.4. The monoisotopic (exact) mass is 306 g/mol. The molecule has 0 saturated heterocycles. The highest BCUT2D eigenvalue weighted by atomic mass is 32.2. The fourth-order valence-electron chi connectivity index (χ4n) is 1.66. The Hall–Kier alpha value is -1.67. The van der Waals surface area contributed by atoms with Gasteiger partial charge in [0.05, 0.1) is 5.69 Å². The Kier molecular flexibility index (Phi) is 4.12. The number of imidazole rings is 1. The maximum atomic E-state index is 4.46. The van der Waals surface area contributed by atoms with Gasteiger partial charge in [0.15, 0.2) is 4.34 Å². The molecule has 6 nitrogen and oxygen atoms in total. The van der Waals surface area contributed by atoms with E-state index in [-0.39, 0.29) is 0 Å². The molecule has 1 N–H and O–H groups in total. The molecule has 0 aromatic carbocycles. The lowest BCUT2D eigenvalue weighted by molar-refractivity contribution is 0.951. The summed E-state index contributed by atoms with van der Waals surface area (Å²) < 4.78 is 2.87. The quantitative estimate of drug-likeness (QED) is 0.706. The van der Waals surface area contributed by atoms with Gasteiger partial charge < -0.3 is 5.32 Å². The van der Waals surface area contributed by atoms with Crippen molar-refractivity contribution in [1.82, 2.24) is 24.6 Å². The van der Waals surface area contributed by atoms with Crippen molar-refractivity contribution in [3.8, 4) is 0 Å².